The zero-order valence-electron chi connectivity index (χ0n) is 11.2. The summed E-state index contributed by atoms with van der Waals surface area (Å²) in [6.45, 7) is 4.12. The second-order valence-corrected chi connectivity index (χ2v) is 5.33. The Morgan fingerprint density at radius 1 is 1.37 bits per heavy atom. The summed E-state index contributed by atoms with van der Waals surface area (Å²) >= 11 is 1.25. The molecule has 5 heteroatoms. The highest BCUT2D eigenvalue weighted by atomic mass is 32.2. The molecule has 1 fully saturated rings. The lowest BCUT2D eigenvalue weighted by atomic mass is 9.96. The molecule has 1 aromatic rings. The van der Waals surface area contributed by atoms with Gasteiger partial charge in [0.15, 0.2) is 0 Å². The van der Waals surface area contributed by atoms with Crippen LogP contribution >= 0.6 is 11.9 Å². The molecule has 104 valence electrons. The van der Waals surface area contributed by atoms with Gasteiger partial charge in [0, 0.05) is 23.7 Å². The lowest BCUT2D eigenvalue weighted by Crippen LogP contribution is -2.36. The van der Waals surface area contributed by atoms with Gasteiger partial charge < -0.3 is 9.64 Å². The monoisotopic (exact) mass is 280 g/mol. The standard InChI is InChI=1S/C14H20N2O2S/c1-2-18-14(17)11-7-9-16(10-8-11)12-3-5-13(19-15)6-4-12/h3-6,11H,2,7-10,15H2,1H3. The molecule has 0 aliphatic carbocycles. The summed E-state index contributed by atoms with van der Waals surface area (Å²) in [5, 5.41) is 5.51. The third kappa shape index (κ3) is 3.64. The average molecular weight is 280 g/mol. The van der Waals surface area contributed by atoms with E-state index in [0.717, 1.165) is 30.8 Å². The lowest BCUT2D eigenvalue weighted by Gasteiger charge is -2.32. The molecule has 1 aliphatic rings. The zero-order valence-corrected chi connectivity index (χ0v) is 12.0. The Bertz CT molecular complexity index is 414. The van der Waals surface area contributed by atoms with Crippen molar-refractivity contribution in [2.24, 2.45) is 11.1 Å². The second-order valence-electron chi connectivity index (χ2n) is 4.63. The van der Waals surface area contributed by atoms with E-state index in [0.29, 0.717) is 6.61 Å². The molecule has 0 amide bonds. The Labute approximate surface area is 118 Å². The highest BCUT2D eigenvalue weighted by Gasteiger charge is 2.25. The normalized spacial score (nSPS) is 16.4. The van der Waals surface area contributed by atoms with E-state index in [1.807, 2.05) is 19.1 Å². The summed E-state index contributed by atoms with van der Waals surface area (Å²) in [6, 6.07) is 8.22. The van der Waals surface area contributed by atoms with Crippen molar-refractivity contribution in [2.45, 2.75) is 24.7 Å². The number of nitrogens with zero attached hydrogens (tertiary/aromatic N) is 1. The molecule has 1 heterocycles. The van der Waals surface area contributed by atoms with E-state index in [1.54, 1.807) is 0 Å². The number of anilines is 1. The Morgan fingerprint density at radius 3 is 2.53 bits per heavy atom. The van der Waals surface area contributed by atoms with Gasteiger partial charge in [-0.15, -0.1) is 0 Å². The van der Waals surface area contributed by atoms with Crippen molar-refractivity contribution in [2.75, 3.05) is 24.6 Å². The molecule has 0 saturated carbocycles. The minimum Gasteiger partial charge on any atom is -0.466 e. The smallest absolute Gasteiger partial charge is 0.309 e. The molecule has 1 saturated heterocycles. The van der Waals surface area contributed by atoms with Crippen LogP contribution in [0.2, 0.25) is 0 Å². The van der Waals surface area contributed by atoms with Crippen LogP contribution in [0, 0.1) is 5.92 Å². The molecule has 0 unspecified atom stereocenters. The van der Waals surface area contributed by atoms with E-state index in [9.17, 15) is 4.79 Å². The van der Waals surface area contributed by atoms with Gasteiger partial charge in [0.1, 0.15) is 0 Å². The van der Waals surface area contributed by atoms with Gasteiger partial charge in [-0.1, -0.05) is 0 Å². The first-order valence-corrected chi connectivity index (χ1v) is 7.51. The quantitative estimate of drug-likeness (QED) is 0.678. The molecule has 19 heavy (non-hydrogen) atoms. The Morgan fingerprint density at radius 2 is 2.00 bits per heavy atom. The van der Waals surface area contributed by atoms with Crippen molar-refractivity contribution >= 4 is 23.6 Å². The molecule has 0 radical (unpaired) electrons. The van der Waals surface area contributed by atoms with Crippen LogP contribution in [0.15, 0.2) is 29.2 Å². The van der Waals surface area contributed by atoms with Gasteiger partial charge in [-0.25, -0.2) is 0 Å². The number of nitrogens with two attached hydrogens (primary N) is 1. The molecule has 2 rings (SSSR count). The highest BCUT2D eigenvalue weighted by molar-refractivity contribution is 7.97. The Kier molecular flexibility index (Phi) is 5.10. The first-order valence-electron chi connectivity index (χ1n) is 6.63. The number of hydrogen-bond acceptors (Lipinski definition) is 5. The minimum absolute atomic E-state index is 0.0444. The molecule has 0 spiro atoms. The first-order chi connectivity index (χ1) is 9.24. The third-order valence-corrected chi connectivity index (χ3v) is 4.00. The minimum atomic E-state index is -0.0444. The van der Waals surface area contributed by atoms with Crippen LogP contribution in [0.25, 0.3) is 0 Å². The van der Waals surface area contributed by atoms with Gasteiger partial charge in [0.2, 0.25) is 0 Å². The molecule has 1 aliphatic heterocycles. The SMILES string of the molecule is CCOC(=O)C1CCN(c2ccc(SN)cc2)CC1. The fourth-order valence-corrected chi connectivity index (χ4v) is 2.66. The largest absolute Gasteiger partial charge is 0.466 e. The van der Waals surface area contributed by atoms with Crippen LogP contribution in [0.1, 0.15) is 19.8 Å². The summed E-state index contributed by atoms with van der Waals surface area (Å²) in [5.41, 5.74) is 1.19. The van der Waals surface area contributed by atoms with Crippen LogP contribution in [0.5, 0.6) is 0 Å². The number of carbonyl (C=O) groups excluding carboxylic acids is 1. The van der Waals surface area contributed by atoms with Crippen molar-refractivity contribution in [1.29, 1.82) is 0 Å². The maximum Gasteiger partial charge on any atom is 0.309 e. The first kappa shape index (κ1) is 14.2. The van der Waals surface area contributed by atoms with Crippen molar-refractivity contribution in [3.63, 3.8) is 0 Å². The summed E-state index contributed by atoms with van der Waals surface area (Å²) < 4.78 is 5.08. The van der Waals surface area contributed by atoms with Gasteiger partial charge in [0.25, 0.3) is 0 Å². The van der Waals surface area contributed by atoms with Crippen molar-refractivity contribution in [3.05, 3.63) is 24.3 Å². The van der Waals surface area contributed by atoms with Crippen molar-refractivity contribution < 1.29 is 9.53 Å². The molecule has 4 nitrogen and oxygen atoms in total. The van der Waals surface area contributed by atoms with Gasteiger partial charge in [-0.05, 0) is 56.0 Å². The Balaban J connectivity index is 1.90. The highest BCUT2D eigenvalue weighted by Crippen LogP contribution is 2.25. The zero-order chi connectivity index (χ0) is 13.7. The summed E-state index contributed by atoms with van der Waals surface area (Å²) in [5.74, 6) is 0.0205. The van der Waals surface area contributed by atoms with Gasteiger partial charge in [0.05, 0.1) is 12.5 Å². The summed E-state index contributed by atoms with van der Waals surface area (Å²) in [4.78, 5) is 15.0. The summed E-state index contributed by atoms with van der Waals surface area (Å²) in [7, 11) is 0. The van der Waals surface area contributed by atoms with E-state index in [-0.39, 0.29) is 11.9 Å². The fraction of sp³-hybridized carbons (Fsp3) is 0.500. The van der Waals surface area contributed by atoms with Gasteiger partial charge in [-0.3, -0.25) is 9.93 Å². The van der Waals surface area contributed by atoms with E-state index in [1.165, 1.54) is 17.6 Å². The number of rotatable bonds is 4. The maximum absolute atomic E-state index is 11.7. The van der Waals surface area contributed by atoms with Crippen LogP contribution in [0.4, 0.5) is 5.69 Å². The number of esters is 1. The second kappa shape index (κ2) is 6.82. The van der Waals surface area contributed by atoms with Crippen molar-refractivity contribution in [1.82, 2.24) is 0 Å². The number of hydrogen-bond donors (Lipinski definition) is 1. The average Bonchev–Trinajstić information content (AvgIpc) is 2.48. The molecule has 0 aromatic heterocycles. The summed E-state index contributed by atoms with van der Waals surface area (Å²) in [6.07, 6.45) is 1.73. The molecular weight excluding hydrogens is 260 g/mol. The topological polar surface area (TPSA) is 55.6 Å². The van der Waals surface area contributed by atoms with Crippen LogP contribution in [-0.2, 0) is 9.53 Å². The maximum atomic E-state index is 11.7. The number of piperidine rings is 1. The predicted octanol–water partition coefficient (Wildman–Crippen LogP) is 2.43. The molecule has 1 aromatic carbocycles. The van der Waals surface area contributed by atoms with Crippen LogP contribution < -0.4 is 10.0 Å². The molecular formula is C14H20N2O2S. The van der Waals surface area contributed by atoms with E-state index in [4.69, 9.17) is 9.88 Å². The number of carbonyl (C=O) groups is 1. The number of ether oxygens (including phenoxy) is 1. The lowest BCUT2D eigenvalue weighted by molar-refractivity contribution is -0.148. The molecule has 2 N–H and O–H groups in total. The molecule has 0 bridgehead atoms. The van der Waals surface area contributed by atoms with E-state index in [2.05, 4.69) is 17.0 Å². The third-order valence-electron chi connectivity index (χ3n) is 3.45. The van der Waals surface area contributed by atoms with Crippen molar-refractivity contribution in [3.8, 4) is 0 Å². The van der Waals surface area contributed by atoms with Gasteiger partial charge >= 0.3 is 5.97 Å². The van der Waals surface area contributed by atoms with Gasteiger partial charge in [-0.2, -0.15) is 0 Å². The Hall–Kier alpha value is -1.20. The predicted molar refractivity (Wildman–Crippen MR) is 78.1 cm³/mol. The van der Waals surface area contributed by atoms with Crippen LogP contribution in [0.3, 0.4) is 0 Å². The molecule has 0 atom stereocenters. The fourth-order valence-electron chi connectivity index (χ4n) is 2.37. The van der Waals surface area contributed by atoms with Crippen LogP contribution in [-0.4, -0.2) is 25.7 Å². The number of benzene rings is 1. The van der Waals surface area contributed by atoms with E-state index < -0.39 is 0 Å². The van der Waals surface area contributed by atoms with E-state index >= 15 is 0 Å².